The van der Waals surface area contributed by atoms with E-state index in [-0.39, 0.29) is 24.6 Å². The summed E-state index contributed by atoms with van der Waals surface area (Å²) in [7, 11) is 0. The minimum atomic E-state index is -4.54. The maximum Gasteiger partial charge on any atom is 0.416 e. The number of carbonyl (C=O) groups is 1. The van der Waals surface area contributed by atoms with E-state index in [0.717, 1.165) is 23.2 Å². The average Bonchev–Trinajstić information content (AvgIpc) is 3.26. The van der Waals surface area contributed by atoms with E-state index in [1.54, 1.807) is 18.5 Å². The van der Waals surface area contributed by atoms with Gasteiger partial charge in [0.05, 0.1) is 16.9 Å². The maximum absolute atomic E-state index is 14.0. The highest BCUT2D eigenvalue weighted by Gasteiger charge is 2.35. The molecule has 3 heterocycles. The van der Waals surface area contributed by atoms with Crippen molar-refractivity contribution in [2.24, 2.45) is 0 Å². The molecule has 2 aromatic rings. The summed E-state index contributed by atoms with van der Waals surface area (Å²) in [5, 5.41) is 11.4. The number of nitrogens with zero attached hydrogens (tertiary/aromatic N) is 3. The number of rotatable bonds is 10. The van der Waals surface area contributed by atoms with Crippen molar-refractivity contribution in [3.05, 3.63) is 65.2 Å². The van der Waals surface area contributed by atoms with Crippen molar-refractivity contribution < 1.29 is 27.8 Å². The number of nitrogens with one attached hydrogen (secondary N) is 2. The van der Waals surface area contributed by atoms with Crippen LogP contribution in [-0.2, 0) is 17.5 Å². The number of benzene rings is 1. The number of carboxylic acids is 1. The number of hydrazine groups is 2. The van der Waals surface area contributed by atoms with Crippen LogP contribution in [0.25, 0.3) is 0 Å². The average molecular weight is 552 g/mol. The SMILES string of the molecule is CC[C@@H]1CN(Cc2cc(C(CCC3=CN(CC)NN3)CC(=O)O)ccc2C(F)(F)F)Sc2cnccc2O1. The number of ether oxygens (including phenoxy) is 1. The van der Waals surface area contributed by atoms with Crippen LogP contribution in [0.5, 0.6) is 5.75 Å². The number of fused-ring (bicyclic) bond motifs is 1. The maximum atomic E-state index is 14.0. The molecule has 0 radical (unpaired) electrons. The normalized spacial score (nSPS) is 18.7. The summed E-state index contributed by atoms with van der Waals surface area (Å²) in [4.78, 5) is 16.5. The first kappa shape index (κ1) is 28.1. The first-order chi connectivity index (χ1) is 18.2. The van der Waals surface area contributed by atoms with Crippen molar-refractivity contribution >= 4 is 17.9 Å². The molecular weight excluding hydrogens is 519 g/mol. The Hall–Kier alpha value is -2.96. The summed E-state index contributed by atoms with van der Waals surface area (Å²) in [6.45, 7) is 5.15. The van der Waals surface area contributed by atoms with Crippen molar-refractivity contribution in [3.63, 3.8) is 0 Å². The first-order valence-electron chi connectivity index (χ1n) is 12.6. The highest BCUT2D eigenvalue weighted by Crippen LogP contribution is 2.40. The minimum absolute atomic E-state index is 0.0173. The lowest BCUT2D eigenvalue weighted by molar-refractivity contribution is -0.139. The molecule has 2 aliphatic heterocycles. The summed E-state index contributed by atoms with van der Waals surface area (Å²) in [6.07, 6.45) is 2.00. The van der Waals surface area contributed by atoms with Crippen LogP contribution in [0.4, 0.5) is 13.2 Å². The van der Waals surface area contributed by atoms with E-state index in [0.29, 0.717) is 37.1 Å². The monoisotopic (exact) mass is 551 g/mol. The Morgan fingerprint density at radius 1 is 1.32 bits per heavy atom. The molecule has 1 aromatic carbocycles. The van der Waals surface area contributed by atoms with Gasteiger partial charge in [0.2, 0.25) is 0 Å². The predicted molar refractivity (Wildman–Crippen MR) is 138 cm³/mol. The Labute approximate surface area is 224 Å². The zero-order valence-corrected chi connectivity index (χ0v) is 22.1. The highest BCUT2D eigenvalue weighted by molar-refractivity contribution is 7.97. The number of halogens is 3. The third-order valence-corrected chi connectivity index (χ3v) is 7.62. The third-order valence-electron chi connectivity index (χ3n) is 6.58. The standard InChI is InChI=1S/C26H32F3N5O3S/c1-3-21-16-34(38-24-13-30-10-9-23(24)37-21)14-19-11-17(6-8-22(19)26(27,28)29)18(12-25(35)36)5-7-20-15-33(4-2)32-31-20/h6,8-11,13,15,18,21,31-32H,3-5,7,12,14,16H2,1-2H3,(H,35,36)/t18?,21-/m1/s1. The van der Waals surface area contributed by atoms with Crippen molar-refractivity contribution in [2.45, 2.75) is 69.2 Å². The van der Waals surface area contributed by atoms with E-state index in [4.69, 9.17) is 4.74 Å². The second-order valence-electron chi connectivity index (χ2n) is 9.31. The molecule has 38 heavy (non-hydrogen) atoms. The van der Waals surface area contributed by atoms with Crippen molar-refractivity contribution in [2.75, 3.05) is 13.1 Å². The number of alkyl halides is 3. The largest absolute Gasteiger partial charge is 0.488 e. The van der Waals surface area contributed by atoms with Crippen LogP contribution in [0.2, 0.25) is 0 Å². The molecule has 0 saturated carbocycles. The van der Waals surface area contributed by atoms with E-state index >= 15 is 0 Å². The lowest BCUT2D eigenvalue weighted by Gasteiger charge is -2.25. The molecule has 3 N–H and O–H groups in total. The van der Waals surface area contributed by atoms with E-state index in [9.17, 15) is 23.1 Å². The number of pyridine rings is 1. The molecule has 0 bridgehead atoms. The van der Waals surface area contributed by atoms with Crippen LogP contribution in [-0.4, -0.2) is 44.6 Å². The van der Waals surface area contributed by atoms with Gasteiger partial charge in [0, 0.05) is 43.9 Å². The van der Waals surface area contributed by atoms with E-state index < -0.39 is 23.6 Å². The van der Waals surface area contributed by atoms with Gasteiger partial charge in [0.25, 0.3) is 0 Å². The van der Waals surface area contributed by atoms with Crippen LogP contribution in [0.1, 0.15) is 62.1 Å². The summed E-state index contributed by atoms with van der Waals surface area (Å²) < 4.78 is 50.1. The van der Waals surface area contributed by atoms with Gasteiger partial charge in [-0.1, -0.05) is 19.1 Å². The van der Waals surface area contributed by atoms with E-state index in [1.165, 1.54) is 24.1 Å². The zero-order chi connectivity index (χ0) is 27.3. The molecule has 0 saturated heterocycles. The fourth-order valence-corrected chi connectivity index (χ4v) is 5.59. The third kappa shape index (κ3) is 7.12. The highest BCUT2D eigenvalue weighted by atomic mass is 32.2. The smallest absolute Gasteiger partial charge is 0.416 e. The quantitative estimate of drug-likeness (QED) is 0.340. The van der Waals surface area contributed by atoms with Gasteiger partial charge >= 0.3 is 12.1 Å². The van der Waals surface area contributed by atoms with Gasteiger partial charge in [0.15, 0.2) is 0 Å². The van der Waals surface area contributed by atoms with Gasteiger partial charge in [-0.3, -0.25) is 14.8 Å². The van der Waals surface area contributed by atoms with Crippen LogP contribution >= 0.6 is 11.9 Å². The molecule has 1 unspecified atom stereocenters. The molecule has 0 spiro atoms. The van der Waals surface area contributed by atoms with Gasteiger partial charge in [0.1, 0.15) is 11.9 Å². The number of hydrogen-bond acceptors (Lipinski definition) is 8. The summed E-state index contributed by atoms with van der Waals surface area (Å²) in [6, 6.07) is 5.79. The fraction of sp³-hybridized carbons (Fsp3) is 0.462. The molecule has 4 rings (SSSR count). The molecule has 2 aliphatic rings. The van der Waals surface area contributed by atoms with Crippen LogP contribution in [0.15, 0.2) is 53.5 Å². The van der Waals surface area contributed by atoms with Gasteiger partial charge in [-0.05, 0) is 67.3 Å². The number of allylic oxidation sites excluding steroid dienone is 1. The Morgan fingerprint density at radius 3 is 2.82 bits per heavy atom. The zero-order valence-electron chi connectivity index (χ0n) is 21.3. The van der Waals surface area contributed by atoms with E-state index in [2.05, 4.69) is 15.9 Å². The number of carboxylic acid groups (broad SMARTS) is 1. The summed E-state index contributed by atoms with van der Waals surface area (Å²) in [5.74, 6) is -0.773. The van der Waals surface area contributed by atoms with Crippen LogP contribution in [0, 0.1) is 0 Å². The van der Waals surface area contributed by atoms with Crippen molar-refractivity contribution in [1.82, 2.24) is 25.3 Å². The topological polar surface area (TPSA) is 90.0 Å². The van der Waals surface area contributed by atoms with Crippen LogP contribution in [0.3, 0.4) is 0 Å². The summed E-state index contributed by atoms with van der Waals surface area (Å²) >= 11 is 1.32. The molecular formula is C26H32F3N5O3S. The fourth-order valence-electron chi connectivity index (χ4n) is 4.55. The van der Waals surface area contributed by atoms with Gasteiger partial charge in [-0.2, -0.15) is 13.2 Å². The van der Waals surface area contributed by atoms with Gasteiger partial charge < -0.3 is 15.3 Å². The summed E-state index contributed by atoms with van der Waals surface area (Å²) in [5.41, 5.74) is 6.91. The van der Waals surface area contributed by atoms with Crippen molar-refractivity contribution in [1.29, 1.82) is 0 Å². The number of hydrogen-bond donors (Lipinski definition) is 3. The second kappa shape index (κ2) is 12.3. The number of aromatic nitrogens is 1. The Kier molecular flexibility index (Phi) is 9.06. The second-order valence-corrected chi connectivity index (χ2v) is 10.4. The Balaban J connectivity index is 1.61. The van der Waals surface area contributed by atoms with Gasteiger partial charge in [-0.15, -0.1) is 5.53 Å². The van der Waals surface area contributed by atoms with Crippen LogP contribution < -0.4 is 15.7 Å². The molecule has 0 fully saturated rings. The molecule has 1 aromatic heterocycles. The van der Waals surface area contributed by atoms with E-state index in [1.807, 2.05) is 29.4 Å². The Morgan fingerprint density at radius 2 is 2.13 bits per heavy atom. The molecule has 12 heteroatoms. The first-order valence-corrected chi connectivity index (χ1v) is 13.4. The van der Waals surface area contributed by atoms with Gasteiger partial charge in [-0.25, -0.2) is 4.31 Å². The predicted octanol–water partition coefficient (Wildman–Crippen LogP) is 5.31. The molecule has 206 valence electrons. The lowest BCUT2D eigenvalue weighted by atomic mass is 9.88. The van der Waals surface area contributed by atoms with Crippen molar-refractivity contribution in [3.8, 4) is 5.75 Å². The molecule has 0 amide bonds. The molecule has 8 nitrogen and oxygen atoms in total. The molecule has 0 aliphatic carbocycles. The molecule has 2 atom stereocenters. The lowest BCUT2D eigenvalue weighted by Crippen LogP contribution is -2.36. The Bertz CT molecular complexity index is 1160. The number of aliphatic carboxylic acids is 1. The minimum Gasteiger partial charge on any atom is -0.488 e.